The molecule has 0 aromatic heterocycles. The van der Waals surface area contributed by atoms with Gasteiger partial charge in [0.25, 0.3) is 0 Å². The number of ether oxygens (including phenoxy) is 2. The lowest BCUT2D eigenvalue weighted by atomic mass is 10.1. The first kappa shape index (κ1) is 18.3. The Bertz CT molecular complexity index is 729. The monoisotopic (exact) mass is 471 g/mol. The number of halogens is 1. The molecule has 25 heavy (non-hydrogen) atoms. The number of amides is 1. The Kier molecular flexibility index (Phi) is 6.06. The van der Waals surface area contributed by atoms with Crippen molar-refractivity contribution in [2.45, 2.75) is 18.4 Å². The summed E-state index contributed by atoms with van der Waals surface area (Å²) in [7, 11) is 1.61. The second kappa shape index (κ2) is 8.27. The van der Waals surface area contributed by atoms with Crippen LogP contribution in [0, 0.1) is 0 Å². The molecule has 7 heteroatoms. The summed E-state index contributed by atoms with van der Waals surface area (Å²) in [5, 5.41) is 0.0628. The molecule has 0 saturated carbocycles. The second-order valence-corrected chi connectivity index (χ2v) is 7.64. The number of β-lactam (4-membered cyclic amide) rings is 1. The van der Waals surface area contributed by atoms with Gasteiger partial charge >= 0.3 is 5.97 Å². The summed E-state index contributed by atoms with van der Waals surface area (Å²) in [6, 6.07) is 7.35. The van der Waals surface area contributed by atoms with E-state index < -0.39 is 5.97 Å². The Morgan fingerprint density at radius 3 is 2.80 bits per heavy atom. The first-order chi connectivity index (χ1) is 12.1. The number of benzene rings is 1. The fraction of sp³-hybridized carbons (Fsp3) is 0.333. The lowest BCUT2D eigenvalue weighted by Gasteiger charge is -2.44. The van der Waals surface area contributed by atoms with Gasteiger partial charge in [-0.25, -0.2) is 4.79 Å². The third-order valence-electron chi connectivity index (χ3n) is 4.01. The Hall–Kier alpha value is -1.48. The number of fused-ring (bicyclic) bond motifs is 1. The van der Waals surface area contributed by atoms with Crippen LogP contribution in [0.25, 0.3) is 0 Å². The molecular weight excluding hydrogens is 453 g/mol. The van der Waals surface area contributed by atoms with Crippen molar-refractivity contribution < 1.29 is 19.1 Å². The molecule has 0 bridgehead atoms. The SMILES string of the molecule is COc1ccc(COC(=O)C2=C(/C=C\CI)CSC3CC(=O)N23)cc1. The van der Waals surface area contributed by atoms with Gasteiger partial charge in [0.1, 0.15) is 18.1 Å². The highest BCUT2D eigenvalue weighted by molar-refractivity contribution is 14.1. The molecule has 2 aliphatic heterocycles. The smallest absolute Gasteiger partial charge is 0.355 e. The number of methoxy groups -OCH3 is 1. The molecule has 1 saturated heterocycles. The maximum Gasteiger partial charge on any atom is 0.355 e. The highest BCUT2D eigenvalue weighted by Gasteiger charge is 2.45. The van der Waals surface area contributed by atoms with E-state index in [0.717, 1.165) is 21.3 Å². The molecule has 1 atom stereocenters. The summed E-state index contributed by atoms with van der Waals surface area (Å²) in [4.78, 5) is 26.2. The van der Waals surface area contributed by atoms with Crippen LogP contribution in [0.15, 0.2) is 47.7 Å². The summed E-state index contributed by atoms with van der Waals surface area (Å²) in [5.41, 5.74) is 2.12. The Balaban J connectivity index is 1.75. The summed E-state index contributed by atoms with van der Waals surface area (Å²) < 4.78 is 11.4. The van der Waals surface area contributed by atoms with E-state index in [9.17, 15) is 9.59 Å². The van der Waals surface area contributed by atoms with Crippen LogP contribution in [0.2, 0.25) is 0 Å². The first-order valence-electron chi connectivity index (χ1n) is 7.83. The molecule has 1 fully saturated rings. The van der Waals surface area contributed by atoms with Crippen molar-refractivity contribution in [3.05, 3.63) is 53.3 Å². The standard InChI is InChI=1S/C18H18INO4S/c1-23-14-6-4-12(5-7-14)10-24-18(22)17-13(3-2-8-19)11-25-16-9-15(21)20(16)17/h2-7,16H,8-11H2,1H3/b3-2-. The minimum Gasteiger partial charge on any atom is -0.497 e. The molecule has 0 aliphatic carbocycles. The van der Waals surface area contributed by atoms with Crippen molar-refractivity contribution in [3.8, 4) is 5.75 Å². The minimum absolute atomic E-state index is 0.0195. The van der Waals surface area contributed by atoms with Crippen molar-refractivity contribution in [3.63, 3.8) is 0 Å². The summed E-state index contributed by atoms with van der Waals surface area (Å²) in [6.45, 7) is 0.162. The topological polar surface area (TPSA) is 55.8 Å². The molecule has 1 unspecified atom stereocenters. The molecule has 0 N–H and O–H groups in total. The normalized spacial score (nSPS) is 19.7. The number of carbonyl (C=O) groups is 2. The third kappa shape index (κ3) is 4.03. The Morgan fingerprint density at radius 1 is 1.40 bits per heavy atom. The molecular formula is C18H18INO4S. The Morgan fingerprint density at radius 2 is 2.16 bits per heavy atom. The highest BCUT2D eigenvalue weighted by atomic mass is 127. The van der Waals surface area contributed by atoms with Gasteiger partial charge in [0.2, 0.25) is 5.91 Å². The molecule has 5 nitrogen and oxygen atoms in total. The van der Waals surface area contributed by atoms with E-state index in [1.54, 1.807) is 23.8 Å². The van der Waals surface area contributed by atoms with E-state index in [1.807, 2.05) is 36.4 Å². The number of allylic oxidation sites excluding steroid dienone is 2. The quantitative estimate of drug-likeness (QED) is 0.276. The predicted molar refractivity (Wildman–Crippen MR) is 106 cm³/mol. The molecule has 2 heterocycles. The van der Waals surface area contributed by atoms with Gasteiger partial charge in [0, 0.05) is 10.2 Å². The van der Waals surface area contributed by atoms with Gasteiger partial charge in [-0.2, -0.15) is 0 Å². The summed E-state index contributed by atoms with van der Waals surface area (Å²) >= 11 is 3.93. The van der Waals surface area contributed by atoms with E-state index >= 15 is 0 Å². The number of nitrogens with zero attached hydrogens (tertiary/aromatic N) is 1. The number of rotatable bonds is 6. The molecule has 1 aromatic rings. The van der Waals surface area contributed by atoms with Gasteiger partial charge in [0.15, 0.2) is 0 Å². The minimum atomic E-state index is -0.442. The molecule has 0 radical (unpaired) electrons. The number of alkyl halides is 1. The number of hydrogen-bond donors (Lipinski definition) is 0. The van der Waals surface area contributed by atoms with E-state index in [-0.39, 0.29) is 17.9 Å². The van der Waals surface area contributed by atoms with Crippen LogP contribution in [0.4, 0.5) is 0 Å². The van der Waals surface area contributed by atoms with E-state index in [1.165, 1.54) is 0 Å². The van der Waals surface area contributed by atoms with Crippen LogP contribution in [-0.2, 0) is 20.9 Å². The predicted octanol–water partition coefficient (Wildman–Crippen LogP) is 3.29. The average molecular weight is 471 g/mol. The molecule has 1 amide bonds. The van der Waals surface area contributed by atoms with Crippen LogP contribution in [0.5, 0.6) is 5.75 Å². The van der Waals surface area contributed by atoms with Crippen molar-refractivity contribution in [1.82, 2.24) is 4.90 Å². The van der Waals surface area contributed by atoms with Crippen molar-refractivity contribution in [1.29, 1.82) is 0 Å². The van der Waals surface area contributed by atoms with Crippen molar-refractivity contribution in [2.75, 3.05) is 17.3 Å². The maximum absolute atomic E-state index is 12.7. The molecule has 132 valence electrons. The Labute approximate surface area is 164 Å². The van der Waals surface area contributed by atoms with Gasteiger partial charge in [-0.1, -0.05) is 46.9 Å². The summed E-state index contributed by atoms with van der Waals surface area (Å²) in [6.07, 6.45) is 4.40. The van der Waals surface area contributed by atoms with Crippen LogP contribution >= 0.6 is 34.4 Å². The van der Waals surface area contributed by atoms with Crippen molar-refractivity contribution in [2.24, 2.45) is 0 Å². The lowest BCUT2D eigenvalue weighted by molar-refractivity contribution is -0.150. The first-order valence-corrected chi connectivity index (χ1v) is 10.4. The van der Waals surface area contributed by atoms with Gasteiger partial charge in [0.05, 0.1) is 18.9 Å². The van der Waals surface area contributed by atoms with Crippen LogP contribution < -0.4 is 4.74 Å². The summed E-state index contributed by atoms with van der Waals surface area (Å²) in [5.74, 6) is 1.01. The zero-order valence-corrected chi connectivity index (χ0v) is 16.7. The zero-order valence-electron chi connectivity index (χ0n) is 13.7. The third-order valence-corrected chi connectivity index (χ3v) is 5.76. The second-order valence-electron chi connectivity index (χ2n) is 5.59. The largest absolute Gasteiger partial charge is 0.497 e. The van der Waals surface area contributed by atoms with Crippen LogP contribution in [-0.4, -0.2) is 39.4 Å². The number of carbonyl (C=O) groups excluding carboxylic acids is 2. The van der Waals surface area contributed by atoms with E-state index in [4.69, 9.17) is 9.47 Å². The number of thioether (sulfide) groups is 1. The molecule has 1 aromatic carbocycles. The van der Waals surface area contributed by atoms with Crippen LogP contribution in [0.3, 0.4) is 0 Å². The van der Waals surface area contributed by atoms with Gasteiger partial charge < -0.3 is 9.47 Å². The van der Waals surface area contributed by atoms with E-state index in [0.29, 0.717) is 17.9 Å². The van der Waals surface area contributed by atoms with Crippen molar-refractivity contribution >= 4 is 46.2 Å². The average Bonchev–Trinajstić information content (AvgIpc) is 2.64. The molecule has 0 spiro atoms. The van der Waals surface area contributed by atoms with Crippen LogP contribution in [0.1, 0.15) is 12.0 Å². The van der Waals surface area contributed by atoms with Gasteiger partial charge in [-0.05, 0) is 23.3 Å². The fourth-order valence-corrected chi connectivity index (χ4v) is 4.17. The number of hydrogen-bond acceptors (Lipinski definition) is 5. The van der Waals surface area contributed by atoms with Gasteiger partial charge in [-0.3, -0.25) is 9.69 Å². The zero-order chi connectivity index (χ0) is 17.8. The van der Waals surface area contributed by atoms with Gasteiger partial charge in [-0.15, -0.1) is 11.8 Å². The maximum atomic E-state index is 12.7. The molecule has 3 rings (SSSR count). The highest BCUT2D eigenvalue weighted by Crippen LogP contribution is 2.40. The fourth-order valence-electron chi connectivity index (χ4n) is 2.68. The van der Waals surface area contributed by atoms with E-state index in [2.05, 4.69) is 22.6 Å². The lowest BCUT2D eigenvalue weighted by Crippen LogP contribution is -2.54. The number of esters is 1. The molecule has 2 aliphatic rings.